The first kappa shape index (κ1) is 11.0. The average molecular weight is 225 g/mol. The molecule has 2 aromatic rings. The van der Waals surface area contributed by atoms with Gasteiger partial charge in [0.15, 0.2) is 0 Å². The number of methoxy groups -OCH3 is 1. The van der Waals surface area contributed by atoms with Crippen LogP contribution < -0.4 is 9.92 Å². The summed E-state index contributed by atoms with van der Waals surface area (Å²) >= 11 is 0. The Kier molecular flexibility index (Phi) is 3.11. The van der Waals surface area contributed by atoms with E-state index in [1.54, 1.807) is 7.11 Å². The predicted molar refractivity (Wildman–Crippen MR) is 68.6 cm³/mol. The molecule has 0 aromatic heterocycles. The maximum atomic E-state index is 5.14. The van der Waals surface area contributed by atoms with Gasteiger partial charge in [-0.1, -0.05) is 41.1 Å². The lowest BCUT2D eigenvalue weighted by Crippen LogP contribution is -2.02. The minimum atomic E-state index is 0.884. The first-order chi connectivity index (χ1) is 7.69. The van der Waals surface area contributed by atoms with Gasteiger partial charge in [0.2, 0.25) is 0 Å². The highest BCUT2D eigenvalue weighted by Crippen LogP contribution is 2.22. The van der Waals surface area contributed by atoms with Crippen molar-refractivity contribution in [2.24, 2.45) is 0 Å². The van der Waals surface area contributed by atoms with E-state index in [2.05, 4.69) is 47.5 Å². The molecule has 0 saturated carbocycles. The van der Waals surface area contributed by atoms with Crippen molar-refractivity contribution in [2.75, 3.05) is 7.11 Å². The quantitative estimate of drug-likeness (QED) is 0.713. The molecule has 16 heavy (non-hydrogen) atoms. The van der Waals surface area contributed by atoms with Gasteiger partial charge < -0.3 is 4.74 Å². The van der Waals surface area contributed by atoms with Crippen molar-refractivity contribution < 1.29 is 4.74 Å². The molecule has 0 fully saturated rings. The largest absolute Gasteiger partial charge is 0.497 e. The van der Waals surface area contributed by atoms with Crippen LogP contribution in [0, 0.1) is 6.92 Å². The Morgan fingerprint density at radius 3 is 2.19 bits per heavy atom. The van der Waals surface area contributed by atoms with Crippen LogP contribution in [0.5, 0.6) is 5.75 Å². The van der Waals surface area contributed by atoms with E-state index in [9.17, 15) is 0 Å². The number of hydrogen-bond donors (Lipinski definition) is 0. The first-order valence-corrected chi connectivity index (χ1v) is 5.67. The first-order valence-electron chi connectivity index (χ1n) is 5.17. The molecule has 2 rings (SSSR count). The molecule has 0 amide bonds. The van der Waals surface area contributed by atoms with Crippen LogP contribution in [-0.2, 0) is 0 Å². The van der Waals surface area contributed by atoms with Gasteiger partial charge in [0.05, 0.1) is 17.4 Å². The van der Waals surface area contributed by atoms with E-state index in [1.165, 1.54) is 16.7 Å². The second-order valence-corrected chi connectivity index (χ2v) is 4.39. The molecule has 0 saturated heterocycles. The van der Waals surface area contributed by atoms with Crippen molar-refractivity contribution >= 4 is 15.4 Å². The smallest absolute Gasteiger partial charge is 0.118 e. The lowest BCUT2D eigenvalue weighted by atomic mass is 10.0. The second-order valence-electron chi connectivity index (χ2n) is 3.82. The zero-order valence-corrected chi connectivity index (χ0v) is 10.4. The standard InChI is InChI=1S/C14H13OSi/c1-10-7-12(9-14(16)8-10)11-3-5-13(15-2)6-4-11/h3-9H,1-2H3. The highest BCUT2D eigenvalue weighted by atomic mass is 28.1. The molecule has 0 N–H and O–H groups in total. The minimum absolute atomic E-state index is 0.884. The molecule has 0 aliphatic rings. The molecule has 0 aliphatic carbocycles. The van der Waals surface area contributed by atoms with Crippen LogP contribution in [0.3, 0.4) is 0 Å². The van der Waals surface area contributed by atoms with Gasteiger partial charge in [0, 0.05) is 0 Å². The van der Waals surface area contributed by atoms with E-state index in [4.69, 9.17) is 4.74 Å². The van der Waals surface area contributed by atoms with Crippen LogP contribution in [0.25, 0.3) is 11.1 Å². The summed E-state index contributed by atoms with van der Waals surface area (Å²) in [6.07, 6.45) is 0. The fourth-order valence-corrected chi connectivity index (χ4v) is 2.12. The van der Waals surface area contributed by atoms with E-state index in [0.29, 0.717) is 0 Å². The maximum absolute atomic E-state index is 5.14. The van der Waals surface area contributed by atoms with Crippen LogP contribution in [-0.4, -0.2) is 17.4 Å². The molecule has 2 heteroatoms. The summed E-state index contributed by atoms with van der Waals surface area (Å²) in [6, 6.07) is 14.5. The molecular formula is C14H13OSi. The van der Waals surface area contributed by atoms with Gasteiger partial charge in [-0.3, -0.25) is 0 Å². The van der Waals surface area contributed by atoms with Crippen LogP contribution in [0.1, 0.15) is 5.56 Å². The molecule has 79 valence electrons. The molecule has 0 atom stereocenters. The SMILES string of the molecule is COc1ccc(-c2cc(C)cc([Si])c2)cc1. The minimum Gasteiger partial charge on any atom is -0.497 e. The Bertz CT molecular complexity index is 468. The van der Waals surface area contributed by atoms with Crippen LogP contribution in [0.15, 0.2) is 42.5 Å². The molecule has 3 radical (unpaired) electrons. The van der Waals surface area contributed by atoms with Crippen LogP contribution >= 0.6 is 0 Å². The van der Waals surface area contributed by atoms with E-state index in [-0.39, 0.29) is 0 Å². The zero-order valence-electron chi connectivity index (χ0n) is 9.45. The number of ether oxygens (including phenoxy) is 1. The highest BCUT2D eigenvalue weighted by molar-refractivity contribution is 6.32. The Hall–Kier alpha value is -1.54. The predicted octanol–water partition coefficient (Wildman–Crippen LogP) is 2.46. The summed E-state index contributed by atoms with van der Waals surface area (Å²) in [5.74, 6) is 0.884. The van der Waals surface area contributed by atoms with Crippen molar-refractivity contribution in [3.8, 4) is 16.9 Å². The van der Waals surface area contributed by atoms with Crippen molar-refractivity contribution in [3.05, 3.63) is 48.0 Å². The van der Waals surface area contributed by atoms with E-state index < -0.39 is 0 Å². The third kappa shape index (κ3) is 2.34. The second kappa shape index (κ2) is 4.54. The summed E-state index contributed by atoms with van der Waals surface area (Å²) in [5.41, 5.74) is 3.66. The lowest BCUT2D eigenvalue weighted by Gasteiger charge is -2.06. The average Bonchev–Trinajstić information content (AvgIpc) is 2.28. The van der Waals surface area contributed by atoms with E-state index in [0.717, 1.165) is 10.9 Å². The Morgan fingerprint density at radius 1 is 0.938 bits per heavy atom. The molecule has 0 bridgehead atoms. The summed E-state index contributed by atoms with van der Waals surface area (Å²) in [4.78, 5) is 0. The van der Waals surface area contributed by atoms with Crippen molar-refractivity contribution in [2.45, 2.75) is 6.92 Å². The van der Waals surface area contributed by atoms with Crippen molar-refractivity contribution in [1.29, 1.82) is 0 Å². The number of rotatable bonds is 2. The van der Waals surface area contributed by atoms with Gasteiger partial charge in [0.25, 0.3) is 0 Å². The van der Waals surface area contributed by atoms with E-state index >= 15 is 0 Å². The van der Waals surface area contributed by atoms with Gasteiger partial charge in [-0.15, -0.1) is 0 Å². The molecule has 2 aromatic carbocycles. The summed E-state index contributed by atoms with van der Waals surface area (Å²) < 4.78 is 5.14. The van der Waals surface area contributed by atoms with Gasteiger partial charge in [0.1, 0.15) is 5.75 Å². The summed E-state index contributed by atoms with van der Waals surface area (Å²) in [7, 11) is 5.24. The third-order valence-corrected chi connectivity index (χ3v) is 2.79. The number of benzene rings is 2. The molecule has 0 aliphatic heterocycles. The van der Waals surface area contributed by atoms with Gasteiger partial charge in [-0.25, -0.2) is 0 Å². The van der Waals surface area contributed by atoms with Crippen molar-refractivity contribution in [1.82, 2.24) is 0 Å². The van der Waals surface area contributed by atoms with Gasteiger partial charge in [-0.05, 0) is 30.2 Å². The fourth-order valence-electron chi connectivity index (χ4n) is 1.73. The van der Waals surface area contributed by atoms with Gasteiger partial charge >= 0.3 is 0 Å². The zero-order chi connectivity index (χ0) is 11.5. The number of hydrogen-bond acceptors (Lipinski definition) is 1. The normalized spacial score (nSPS) is 10.2. The van der Waals surface area contributed by atoms with Crippen LogP contribution in [0.2, 0.25) is 0 Å². The van der Waals surface area contributed by atoms with Crippen LogP contribution in [0.4, 0.5) is 0 Å². The Morgan fingerprint density at radius 2 is 1.62 bits per heavy atom. The Labute approximate surface area is 99.5 Å². The monoisotopic (exact) mass is 225 g/mol. The topological polar surface area (TPSA) is 9.23 Å². The van der Waals surface area contributed by atoms with E-state index in [1.807, 2.05) is 12.1 Å². The fraction of sp³-hybridized carbons (Fsp3) is 0.143. The molecule has 0 heterocycles. The molecule has 0 unspecified atom stereocenters. The maximum Gasteiger partial charge on any atom is 0.118 e. The third-order valence-electron chi connectivity index (χ3n) is 2.50. The molecular weight excluding hydrogens is 212 g/mol. The molecule has 0 spiro atoms. The molecule has 1 nitrogen and oxygen atoms in total. The highest BCUT2D eigenvalue weighted by Gasteiger charge is 1.99. The lowest BCUT2D eigenvalue weighted by molar-refractivity contribution is 0.415. The Balaban J connectivity index is 2.42. The summed E-state index contributed by atoms with van der Waals surface area (Å²) in [5, 5.41) is 1.10. The van der Waals surface area contributed by atoms with Gasteiger partial charge in [-0.2, -0.15) is 0 Å². The summed E-state index contributed by atoms with van der Waals surface area (Å²) in [6.45, 7) is 2.09. The van der Waals surface area contributed by atoms with Crippen molar-refractivity contribution in [3.63, 3.8) is 0 Å². The number of aryl methyl sites for hydroxylation is 1.